The molecule has 5 nitrogen and oxygen atoms in total. The Morgan fingerprint density at radius 1 is 1.33 bits per heavy atom. The molecule has 0 bridgehead atoms. The number of carboxylic acid groups (broad SMARTS) is 1. The lowest BCUT2D eigenvalue weighted by Crippen LogP contribution is -2.49. The first-order valence-corrected chi connectivity index (χ1v) is 4.99. The molecule has 3 N–H and O–H groups in total. The number of carbonyl (C=O) groups is 2. The minimum Gasteiger partial charge on any atom is -0.481 e. The minimum absolute atomic E-state index is 0.0210. The average Bonchev–Trinajstić information content (AvgIpc) is 1.99. The molecular weight excluding hydrogens is 196 g/mol. The van der Waals surface area contributed by atoms with E-state index in [-0.39, 0.29) is 23.9 Å². The maximum absolute atomic E-state index is 11.5. The van der Waals surface area contributed by atoms with E-state index in [4.69, 9.17) is 5.11 Å². The van der Waals surface area contributed by atoms with Crippen LogP contribution < -0.4 is 10.6 Å². The Morgan fingerprint density at radius 2 is 1.87 bits per heavy atom. The highest BCUT2D eigenvalue weighted by atomic mass is 16.4. The summed E-state index contributed by atoms with van der Waals surface area (Å²) in [6.45, 7) is 7.70. The molecule has 5 heteroatoms. The number of hydrogen-bond acceptors (Lipinski definition) is 3. The third kappa shape index (κ3) is 7.93. The molecule has 0 rings (SSSR count). The van der Waals surface area contributed by atoms with Crippen molar-refractivity contribution >= 4 is 11.9 Å². The molecule has 0 spiro atoms. The second-order valence-corrected chi connectivity index (χ2v) is 4.56. The van der Waals surface area contributed by atoms with Crippen molar-refractivity contribution in [2.24, 2.45) is 0 Å². The van der Waals surface area contributed by atoms with Crippen LogP contribution in [0.1, 0.15) is 34.1 Å². The van der Waals surface area contributed by atoms with Crippen molar-refractivity contribution in [1.29, 1.82) is 0 Å². The Kier molecular flexibility index (Phi) is 5.28. The lowest BCUT2D eigenvalue weighted by atomic mass is 10.1. The second kappa shape index (κ2) is 5.70. The van der Waals surface area contributed by atoms with Crippen molar-refractivity contribution in [1.82, 2.24) is 10.6 Å². The van der Waals surface area contributed by atoms with Gasteiger partial charge in [-0.2, -0.15) is 0 Å². The number of aliphatic carboxylic acids is 1. The number of carboxylic acids is 1. The van der Waals surface area contributed by atoms with Gasteiger partial charge in [-0.15, -0.1) is 0 Å². The highest BCUT2D eigenvalue weighted by molar-refractivity contribution is 5.82. The maximum atomic E-state index is 11.5. The monoisotopic (exact) mass is 216 g/mol. The molecule has 0 aliphatic carbocycles. The van der Waals surface area contributed by atoms with Crippen LogP contribution in [0.15, 0.2) is 0 Å². The van der Waals surface area contributed by atoms with Crippen LogP contribution in [0.3, 0.4) is 0 Å². The van der Waals surface area contributed by atoms with Gasteiger partial charge in [0.2, 0.25) is 5.91 Å². The van der Waals surface area contributed by atoms with Gasteiger partial charge in [-0.05, 0) is 27.7 Å². The molecule has 15 heavy (non-hydrogen) atoms. The highest BCUT2D eigenvalue weighted by Crippen LogP contribution is 1.99. The fourth-order valence-electron chi connectivity index (χ4n) is 0.966. The smallest absolute Gasteiger partial charge is 0.304 e. The Morgan fingerprint density at radius 3 is 2.27 bits per heavy atom. The predicted octanol–water partition coefficient (Wildman–Crippen LogP) is 0.354. The second-order valence-electron chi connectivity index (χ2n) is 4.56. The van der Waals surface area contributed by atoms with E-state index in [1.165, 1.54) is 0 Å². The molecule has 0 saturated heterocycles. The van der Waals surface area contributed by atoms with E-state index in [9.17, 15) is 9.59 Å². The van der Waals surface area contributed by atoms with Crippen LogP contribution in [-0.4, -0.2) is 35.1 Å². The summed E-state index contributed by atoms with van der Waals surface area (Å²) < 4.78 is 0. The third-order valence-corrected chi connectivity index (χ3v) is 1.68. The molecule has 0 aliphatic heterocycles. The van der Waals surface area contributed by atoms with E-state index in [0.29, 0.717) is 6.54 Å². The number of carbonyl (C=O) groups excluding carboxylic acids is 1. The molecule has 88 valence electrons. The molecule has 0 aromatic carbocycles. The van der Waals surface area contributed by atoms with Gasteiger partial charge in [-0.3, -0.25) is 9.59 Å². The SMILES string of the molecule is CC(NCCC(=O)O)C(=O)NC(C)(C)C. The summed E-state index contributed by atoms with van der Waals surface area (Å²) in [5.74, 6) is -0.987. The van der Waals surface area contributed by atoms with Crippen LogP contribution in [0.5, 0.6) is 0 Å². The lowest BCUT2D eigenvalue weighted by molar-refractivity contribution is -0.137. The van der Waals surface area contributed by atoms with Gasteiger partial charge in [-0.25, -0.2) is 0 Å². The molecular formula is C10H20N2O3. The molecule has 0 aromatic rings. The van der Waals surface area contributed by atoms with Crippen molar-refractivity contribution < 1.29 is 14.7 Å². The number of hydrogen-bond donors (Lipinski definition) is 3. The van der Waals surface area contributed by atoms with Crippen LogP contribution in [-0.2, 0) is 9.59 Å². The van der Waals surface area contributed by atoms with Crippen LogP contribution in [0, 0.1) is 0 Å². The Hall–Kier alpha value is -1.10. The molecule has 1 unspecified atom stereocenters. The van der Waals surface area contributed by atoms with Crippen LogP contribution >= 0.6 is 0 Å². The zero-order valence-electron chi connectivity index (χ0n) is 9.76. The van der Waals surface area contributed by atoms with E-state index >= 15 is 0 Å². The van der Waals surface area contributed by atoms with Crippen LogP contribution in [0.2, 0.25) is 0 Å². The first-order chi connectivity index (χ1) is 6.72. The van der Waals surface area contributed by atoms with Crippen molar-refractivity contribution in [3.63, 3.8) is 0 Å². The topological polar surface area (TPSA) is 78.4 Å². The fourth-order valence-corrected chi connectivity index (χ4v) is 0.966. The van der Waals surface area contributed by atoms with Gasteiger partial charge in [0.1, 0.15) is 0 Å². The quantitative estimate of drug-likeness (QED) is 0.620. The van der Waals surface area contributed by atoms with E-state index in [1.807, 2.05) is 20.8 Å². The van der Waals surface area contributed by atoms with Crippen LogP contribution in [0.25, 0.3) is 0 Å². The zero-order chi connectivity index (χ0) is 12.1. The molecule has 1 amide bonds. The van der Waals surface area contributed by atoms with Crippen molar-refractivity contribution in [2.75, 3.05) is 6.54 Å². The molecule has 0 radical (unpaired) electrons. The third-order valence-electron chi connectivity index (χ3n) is 1.68. The minimum atomic E-state index is -0.870. The van der Waals surface area contributed by atoms with Crippen molar-refractivity contribution in [3.05, 3.63) is 0 Å². The van der Waals surface area contributed by atoms with E-state index in [2.05, 4.69) is 10.6 Å². The maximum Gasteiger partial charge on any atom is 0.304 e. The van der Waals surface area contributed by atoms with Gasteiger partial charge in [0.25, 0.3) is 0 Å². The molecule has 0 aliphatic rings. The summed E-state index contributed by atoms with van der Waals surface area (Å²) >= 11 is 0. The van der Waals surface area contributed by atoms with Gasteiger partial charge in [0.05, 0.1) is 12.5 Å². The predicted molar refractivity (Wildman–Crippen MR) is 57.6 cm³/mol. The number of amides is 1. The summed E-state index contributed by atoms with van der Waals surface area (Å²) in [5.41, 5.74) is -0.264. The van der Waals surface area contributed by atoms with Gasteiger partial charge in [-0.1, -0.05) is 0 Å². The standard InChI is InChI=1S/C10H20N2O3/c1-7(11-6-5-8(13)14)9(15)12-10(2,3)4/h7,11H,5-6H2,1-4H3,(H,12,15)(H,13,14). The van der Waals surface area contributed by atoms with Crippen molar-refractivity contribution in [2.45, 2.75) is 45.7 Å². The Balaban J connectivity index is 3.85. The zero-order valence-corrected chi connectivity index (χ0v) is 9.76. The molecule has 0 fully saturated rings. The molecule has 0 aromatic heterocycles. The summed E-state index contributed by atoms with van der Waals surface area (Å²) in [6.07, 6.45) is 0.0210. The first-order valence-electron chi connectivity index (χ1n) is 4.99. The van der Waals surface area contributed by atoms with E-state index in [0.717, 1.165) is 0 Å². The normalized spacial score (nSPS) is 13.3. The fraction of sp³-hybridized carbons (Fsp3) is 0.800. The van der Waals surface area contributed by atoms with Crippen LogP contribution in [0.4, 0.5) is 0 Å². The van der Waals surface area contributed by atoms with Gasteiger partial charge in [0.15, 0.2) is 0 Å². The van der Waals surface area contributed by atoms with E-state index in [1.54, 1.807) is 6.92 Å². The van der Waals surface area contributed by atoms with Gasteiger partial charge >= 0.3 is 5.97 Å². The largest absolute Gasteiger partial charge is 0.481 e. The number of rotatable bonds is 5. The van der Waals surface area contributed by atoms with Crippen molar-refractivity contribution in [3.8, 4) is 0 Å². The molecule has 1 atom stereocenters. The van der Waals surface area contributed by atoms with E-state index < -0.39 is 5.97 Å². The van der Waals surface area contributed by atoms with Gasteiger partial charge in [0, 0.05) is 12.1 Å². The van der Waals surface area contributed by atoms with Gasteiger partial charge < -0.3 is 15.7 Å². The molecule has 0 heterocycles. The molecule has 0 saturated carbocycles. The Labute approximate surface area is 90.2 Å². The first kappa shape index (κ1) is 13.9. The summed E-state index contributed by atoms with van der Waals surface area (Å²) in [6, 6.07) is -0.372. The summed E-state index contributed by atoms with van der Waals surface area (Å²) in [7, 11) is 0. The Bertz CT molecular complexity index is 233. The number of nitrogens with one attached hydrogen (secondary N) is 2. The summed E-state index contributed by atoms with van der Waals surface area (Å²) in [4.78, 5) is 21.8. The average molecular weight is 216 g/mol. The lowest BCUT2D eigenvalue weighted by Gasteiger charge is -2.23. The highest BCUT2D eigenvalue weighted by Gasteiger charge is 2.18. The summed E-state index contributed by atoms with van der Waals surface area (Å²) in [5, 5.41) is 14.1.